The van der Waals surface area contributed by atoms with Crippen molar-refractivity contribution in [3.05, 3.63) is 64.7 Å². The number of carbonyl (C=O) groups excluding carboxylic acids is 1. The van der Waals surface area contributed by atoms with Crippen LogP contribution in [0.2, 0.25) is 5.02 Å². The lowest BCUT2D eigenvalue weighted by atomic mass is 10.0. The molecule has 2 fully saturated rings. The predicted octanol–water partition coefficient (Wildman–Crippen LogP) is 2.99. The van der Waals surface area contributed by atoms with E-state index in [1.54, 1.807) is 7.11 Å². The molecule has 2 N–H and O–H groups in total. The number of methoxy groups -OCH3 is 1. The number of halogens is 1. The lowest BCUT2D eigenvalue weighted by Gasteiger charge is -2.37. The number of aryl methyl sites for hydroxylation is 1. The van der Waals surface area contributed by atoms with E-state index in [1.807, 2.05) is 41.3 Å². The molecule has 4 rings (SSSR count). The van der Waals surface area contributed by atoms with Gasteiger partial charge in [0.15, 0.2) is 0 Å². The van der Waals surface area contributed by atoms with Crippen molar-refractivity contribution in [2.24, 2.45) is 0 Å². The number of hydrazine groups is 1. The second-order valence-electron chi connectivity index (χ2n) is 7.91. The Bertz CT molecular complexity index is 853. The van der Waals surface area contributed by atoms with E-state index in [4.69, 9.17) is 16.3 Å². The van der Waals surface area contributed by atoms with Gasteiger partial charge in [-0.3, -0.25) is 9.69 Å². The summed E-state index contributed by atoms with van der Waals surface area (Å²) in [5, 5.41) is 0.758. The van der Waals surface area contributed by atoms with Crippen LogP contribution in [0.3, 0.4) is 0 Å². The molecule has 1 amide bonds. The smallest absolute Gasteiger partial charge is 0.222 e. The number of amides is 1. The SMILES string of the molecule is COc1cccc(CCC(=O)N2CCN(C3CC(c4ccc(Cl)cc4)NN3)CC2)c1. The maximum Gasteiger partial charge on any atom is 0.222 e. The van der Waals surface area contributed by atoms with Crippen molar-refractivity contribution in [2.75, 3.05) is 33.3 Å². The summed E-state index contributed by atoms with van der Waals surface area (Å²) in [7, 11) is 1.66. The quantitative estimate of drug-likeness (QED) is 0.740. The molecular weight excluding hydrogens is 400 g/mol. The van der Waals surface area contributed by atoms with Crippen molar-refractivity contribution >= 4 is 17.5 Å². The lowest BCUT2D eigenvalue weighted by Crippen LogP contribution is -2.55. The van der Waals surface area contributed by atoms with Crippen molar-refractivity contribution in [2.45, 2.75) is 31.5 Å². The zero-order valence-electron chi connectivity index (χ0n) is 17.3. The summed E-state index contributed by atoms with van der Waals surface area (Å²) >= 11 is 6.00. The van der Waals surface area contributed by atoms with E-state index < -0.39 is 0 Å². The fourth-order valence-electron chi connectivity index (χ4n) is 4.21. The minimum absolute atomic E-state index is 0.231. The first-order chi connectivity index (χ1) is 14.6. The van der Waals surface area contributed by atoms with Gasteiger partial charge in [0.1, 0.15) is 5.75 Å². The van der Waals surface area contributed by atoms with E-state index >= 15 is 0 Å². The van der Waals surface area contributed by atoms with E-state index in [0.717, 1.165) is 55.4 Å². The van der Waals surface area contributed by atoms with Crippen molar-refractivity contribution in [1.82, 2.24) is 20.7 Å². The van der Waals surface area contributed by atoms with Gasteiger partial charge < -0.3 is 9.64 Å². The van der Waals surface area contributed by atoms with Crippen LogP contribution in [0.4, 0.5) is 0 Å². The summed E-state index contributed by atoms with van der Waals surface area (Å²) in [4.78, 5) is 17.1. The fraction of sp³-hybridized carbons (Fsp3) is 0.435. The van der Waals surface area contributed by atoms with Crippen molar-refractivity contribution in [3.63, 3.8) is 0 Å². The van der Waals surface area contributed by atoms with Crippen molar-refractivity contribution < 1.29 is 9.53 Å². The molecule has 2 aromatic rings. The van der Waals surface area contributed by atoms with Gasteiger partial charge in [0.2, 0.25) is 5.91 Å². The minimum atomic E-state index is 0.231. The first kappa shape index (κ1) is 21.1. The van der Waals surface area contributed by atoms with Crippen LogP contribution in [0.1, 0.15) is 30.0 Å². The van der Waals surface area contributed by atoms with Gasteiger partial charge in [0, 0.05) is 43.7 Å². The molecule has 2 aliphatic heterocycles. The molecular formula is C23H29ClN4O2. The summed E-state index contributed by atoms with van der Waals surface area (Å²) in [5.74, 6) is 1.07. The number of hydrogen-bond donors (Lipinski definition) is 2. The lowest BCUT2D eigenvalue weighted by molar-refractivity contribution is -0.133. The molecule has 7 heteroatoms. The average molecular weight is 429 g/mol. The van der Waals surface area contributed by atoms with Crippen molar-refractivity contribution in [1.29, 1.82) is 0 Å². The number of ether oxygens (including phenoxy) is 1. The molecule has 6 nitrogen and oxygen atoms in total. The molecule has 2 aliphatic rings. The summed E-state index contributed by atoms with van der Waals surface area (Å²) in [6.07, 6.45) is 2.55. The maximum atomic E-state index is 12.7. The number of benzene rings is 2. The number of rotatable bonds is 6. The van der Waals surface area contributed by atoms with E-state index in [-0.39, 0.29) is 18.1 Å². The Balaban J connectivity index is 1.22. The molecule has 0 radical (unpaired) electrons. The van der Waals surface area contributed by atoms with E-state index in [0.29, 0.717) is 6.42 Å². The number of nitrogens with one attached hydrogen (secondary N) is 2. The highest BCUT2D eigenvalue weighted by Crippen LogP contribution is 2.25. The van der Waals surface area contributed by atoms with Gasteiger partial charge in [0.05, 0.1) is 13.3 Å². The van der Waals surface area contributed by atoms with Gasteiger partial charge in [-0.2, -0.15) is 0 Å². The summed E-state index contributed by atoms with van der Waals surface area (Å²) in [6.45, 7) is 3.33. The molecule has 2 unspecified atom stereocenters. The number of piperazine rings is 1. The topological polar surface area (TPSA) is 56.8 Å². The van der Waals surface area contributed by atoms with Gasteiger partial charge in [-0.05, 0) is 48.2 Å². The fourth-order valence-corrected chi connectivity index (χ4v) is 4.34. The zero-order chi connectivity index (χ0) is 20.9. The van der Waals surface area contributed by atoms with Gasteiger partial charge in [-0.1, -0.05) is 35.9 Å². The molecule has 30 heavy (non-hydrogen) atoms. The van der Waals surface area contributed by atoms with Crippen LogP contribution >= 0.6 is 11.6 Å². The molecule has 0 aromatic heterocycles. The third-order valence-corrected chi connectivity index (χ3v) is 6.28. The number of hydrogen-bond acceptors (Lipinski definition) is 5. The summed E-state index contributed by atoms with van der Waals surface area (Å²) < 4.78 is 5.26. The first-order valence-electron chi connectivity index (χ1n) is 10.5. The molecule has 0 bridgehead atoms. The molecule has 2 aromatic carbocycles. The number of nitrogens with zero attached hydrogens (tertiary/aromatic N) is 2. The Morgan fingerprint density at radius 2 is 1.87 bits per heavy atom. The molecule has 0 saturated carbocycles. The van der Waals surface area contributed by atoms with Crippen LogP contribution < -0.4 is 15.6 Å². The Morgan fingerprint density at radius 1 is 1.10 bits per heavy atom. The van der Waals surface area contributed by atoms with Crippen LogP contribution in [0, 0.1) is 0 Å². The van der Waals surface area contributed by atoms with Gasteiger partial charge in [-0.15, -0.1) is 0 Å². The first-order valence-corrected chi connectivity index (χ1v) is 10.9. The van der Waals surface area contributed by atoms with Crippen LogP contribution in [0.5, 0.6) is 5.75 Å². The Labute approximate surface area is 183 Å². The highest BCUT2D eigenvalue weighted by atomic mass is 35.5. The standard InChI is InChI=1S/C23H29ClN4O2/c1-30-20-4-2-3-17(15-20)5-10-23(29)28-13-11-27(12-14-28)22-16-21(25-26-22)18-6-8-19(24)9-7-18/h2-4,6-9,15,21-22,25-26H,5,10-14,16H2,1H3. The largest absolute Gasteiger partial charge is 0.497 e. The highest BCUT2D eigenvalue weighted by molar-refractivity contribution is 6.30. The van der Waals surface area contributed by atoms with Crippen molar-refractivity contribution in [3.8, 4) is 5.75 Å². The van der Waals surface area contributed by atoms with E-state index in [9.17, 15) is 4.79 Å². The zero-order valence-corrected chi connectivity index (χ0v) is 18.1. The maximum absolute atomic E-state index is 12.7. The molecule has 0 aliphatic carbocycles. The molecule has 2 saturated heterocycles. The average Bonchev–Trinajstić information content (AvgIpc) is 3.28. The monoisotopic (exact) mass is 428 g/mol. The van der Waals surface area contributed by atoms with Crippen LogP contribution in [-0.4, -0.2) is 55.2 Å². The van der Waals surface area contributed by atoms with Gasteiger partial charge in [-0.25, -0.2) is 10.9 Å². The molecule has 0 spiro atoms. The van der Waals surface area contributed by atoms with E-state index in [1.165, 1.54) is 5.56 Å². The molecule has 2 atom stereocenters. The Hall–Kier alpha value is -2.12. The summed E-state index contributed by atoms with van der Waals surface area (Å²) in [5.41, 5.74) is 9.19. The minimum Gasteiger partial charge on any atom is -0.497 e. The molecule has 160 valence electrons. The van der Waals surface area contributed by atoms with Crippen LogP contribution in [0.15, 0.2) is 48.5 Å². The Kier molecular flexibility index (Phi) is 6.89. The highest BCUT2D eigenvalue weighted by Gasteiger charge is 2.32. The third kappa shape index (κ3) is 5.13. The third-order valence-electron chi connectivity index (χ3n) is 6.02. The second kappa shape index (κ2) is 9.79. The van der Waals surface area contributed by atoms with E-state index in [2.05, 4.69) is 27.9 Å². The predicted molar refractivity (Wildman–Crippen MR) is 118 cm³/mol. The number of carbonyl (C=O) groups is 1. The normalized spacial score (nSPS) is 22.3. The van der Waals surface area contributed by atoms with Gasteiger partial charge in [0.25, 0.3) is 0 Å². The second-order valence-corrected chi connectivity index (χ2v) is 8.35. The van der Waals surface area contributed by atoms with Crippen LogP contribution in [0.25, 0.3) is 0 Å². The van der Waals surface area contributed by atoms with Crippen LogP contribution in [-0.2, 0) is 11.2 Å². The molecule has 2 heterocycles. The Morgan fingerprint density at radius 3 is 2.60 bits per heavy atom. The summed E-state index contributed by atoms with van der Waals surface area (Å²) in [6, 6.07) is 16.2. The van der Waals surface area contributed by atoms with Gasteiger partial charge >= 0.3 is 0 Å².